The Morgan fingerprint density at radius 3 is 2.76 bits per heavy atom. The maximum Gasteiger partial charge on any atom is 0.189 e. The van der Waals surface area contributed by atoms with Crippen molar-refractivity contribution in [2.24, 2.45) is 0 Å². The Bertz CT molecular complexity index is 623. The van der Waals surface area contributed by atoms with E-state index in [2.05, 4.69) is 19.1 Å². The SMILES string of the molecule is CCc1ccc(OCc2cc(N)cc3c2OCOC3)cc1. The summed E-state index contributed by atoms with van der Waals surface area (Å²) in [6.07, 6.45) is 1.02. The topological polar surface area (TPSA) is 53.7 Å². The molecule has 0 aromatic heterocycles. The second-order valence-corrected chi connectivity index (χ2v) is 5.07. The van der Waals surface area contributed by atoms with E-state index in [1.165, 1.54) is 5.56 Å². The van der Waals surface area contributed by atoms with Gasteiger partial charge in [-0.2, -0.15) is 0 Å². The Hall–Kier alpha value is -2.20. The highest BCUT2D eigenvalue weighted by molar-refractivity contribution is 5.53. The number of rotatable bonds is 4. The van der Waals surface area contributed by atoms with Crippen LogP contribution in [0.25, 0.3) is 0 Å². The quantitative estimate of drug-likeness (QED) is 0.876. The molecule has 0 fully saturated rings. The maximum atomic E-state index is 5.92. The lowest BCUT2D eigenvalue weighted by Gasteiger charge is -2.21. The van der Waals surface area contributed by atoms with Crippen LogP contribution in [0.2, 0.25) is 0 Å². The van der Waals surface area contributed by atoms with E-state index in [-0.39, 0.29) is 6.79 Å². The lowest BCUT2D eigenvalue weighted by molar-refractivity contribution is -0.0175. The van der Waals surface area contributed by atoms with E-state index in [4.69, 9.17) is 19.9 Å². The summed E-state index contributed by atoms with van der Waals surface area (Å²) in [5, 5.41) is 0. The molecule has 0 saturated heterocycles. The Morgan fingerprint density at radius 2 is 2.00 bits per heavy atom. The highest BCUT2D eigenvalue weighted by Gasteiger charge is 2.16. The molecule has 0 amide bonds. The van der Waals surface area contributed by atoms with Gasteiger partial charge in [0.2, 0.25) is 0 Å². The summed E-state index contributed by atoms with van der Waals surface area (Å²) in [6, 6.07) is 11.9. The van der Waals surface area contributed by atoms with E-state index in [1.54, 1.807) is 0 Å². The fourth-order valence-corrected chi connectivity index (χ4v) is 2.42. The molecule has 0 aliphatic carbocycles. The van der Waals surface area contributed by atoms with Crippen molar-refractivity contribution in [3.63, 3.8) is 0 Å². The van der Waals surface area contributed by atoms with Crippen LogP contribution < -0.4 is 15.2 Å². The largest absolute Gasteiger partial charge is 0.489 e. The molecule has 1 heterocycles. The molecule has 21 heavy (non-hydrogen) atoms. The van der Waals surface area contributed by atoms with Gasteiger partial charge in [0.25, 0.3) is 0 Å². The summed E-state index contributed by atoms with van der Waals surface area (Å²) in [5.41, 5.74) is 9.84. The maximum absolute atomic E-state index is 5.92. The first kappa shape index (κ1) is 13.8. The minimum atomic E-state index is 0.273. The first-order chi connectivity index (χ1) is 10.3. The molecule has 0 radical (unpaired) electrons. The van der Waals surface area contributed by atoms with Crippen molar-refractivity contribution in [2.45, 2.75) is 26.6 Å². The van der Waals surface area contributed by atoms with Crippen LogP contribution >= 0.6 is 0 Å². The van der Waals surface area contributed by atoms with Gasteiger partial charge in [0.1, 0.15) is 18.1 Å². The molecular formula is C17H19NO3. The molecule has 0 bridgehead atoms. The Labute approximate surface area is 124 Å². The molecule has 0 spiro atoms. The Morgan fingerprint density at radius 1 is 1.19 bits per heavy atom. The van der Waals surface area contributed by atoms with Crippen molar-refractivity contribution in [3.8, 4) is 11.5 Å². The van der Waals surface area contributed by atoms with Crippen molar-refractivity contribution >= 4 is 5.69 Å². The van der Waals surface area contributed by atoms with E-state index in [9.17, 15) is 0 Å². The molecule has 2 aromatic rings. The average Bonchev–Trinajstić information content (AvgIpc) is 2.53. The molecule has 0 saturated carbocycles. The summed E-state index contributed by atoms with van der Waals surface area (Å²) < 4.78 is 16.7. The molecule has 2 N–H and O–H groups in total. The van der Waals surface area contributed by atoms with E-state index in [0.717, 1.165) is 29.0 Å². The van der Waals surface area contributed by atoms with Gasteiger partial charge in [0, 0.05) is 16.8 Å². The van der Waals surface area contributed by atoms with Crippen molar-refractivity contribution in [1.29, 1.82) is 0 Å². The molecule has 2 aromatic carbocycles. The van der Waals surface area contributed by atoms with Crippen molar-refractivity contribution in [1.82, 2.24) is 0 Å². The number of benzene rings is 2. The lowest BCUT2D eigenvalue weighted by atomic mass is 10.1. The van der Waals surface area contributed by atoms with Crippen LogP contribution in [0.15, 0.2) is 36.4 Å². The normalized spacial score (nSPS) is 13.4. The lowest BCUT2D eigenvalue weighted by Crippen LogP contribution is -2.14. The summed E-state index contributed by atoms with van der Waals surface area (Å²) in [6.45, 7) is 3.36. The number of nitrogen functional groups attached to an aromatic ring is 1. The number of ether oxygens (including phenoxy) is 3. The van der Waals surface area contributed by atoms with E-state index < -0.39 is 0 Å². The smallest absolute Gasteiger partial charge is 0.189 e. The Balaban J connectivity index is 1.76. The standard InChI is InChI=1S/C17H19NO3/c1-2-12-3-5-16(6-4-12)20-10-14-8-15(18)7-13-9-19-11-21-17(13)14/h3-8H,2,9-11,18H2,1H3. The van der Waals surface area contributed by atoms with Crippen LogP contribution in [0, 0.1) is 0 Å². The minimum Gasteiger partial charge on any atom is -0.489 e. The van der Waals surface area contributed by atoms with Gasteiger partial charge in [0.05, 0.1) is 6.61 Å². The summed E-state index contributed by atoms with van der Waals surface area (Å²) >= 11 is 0. The van der Waals surface area contributed by atoms with Crippen LogP contribution in [0.3, 0.4) is 0 Å². The first-order valence-electron chi connectivity index (χ1n) is 7.10. The predicted molar refractivity (Wildman–Crippen MR) is 81.3 cm³/mol. The molecule has 0 atom stereocenters. The third kappa shape index (κ3) is 3.11. The van der Waals surface area contributed by atoms with Gasteiger partial charge >= 0.3 is 0 Å². The predicted octanol–water partition coefficient (Wildman–Crippen LogP) is 3.28. The van der Waals surface area contributed by atoms with Crippen molar-refractivity contribution in [2.75, 3.05) is 12.5 Å². The number of fused-ring (bicyclic) bond motifs is 1. The van der Waals surface area contributed by atoms with Gasteiger partial charge in [-0.3, -0.25) is 0 Å². The summed E-state index contributed by atoms with van der Waals surface area (Å²) in [4.78, 5) is 0. The van der Waals surface area contributed by atoms with Crippen LogP contribution in [0.1, 0.15) is 23.6 Å². The molecule has 3 rings (SSSR count). The van der Waals surface area contributed by atoms with Crippen LogP contribution in [-0.4, -0.2) is 6.79 Å². The van der Waals surface area contributed by atoms with Gasteiger partial charge in [0.15, 0.2) is 6.79 Å². The van der Waals surface area contributed by atoms with Crippen molar-refractivity contribution < 1.29 is 14.2 Å². The minimum absolute atomic E-state index is 0.273. The van der Waals surface area contributed by atoms with Gasteiger partial charge in [-0.05, 0) is 36.2 Å². The monoisotopic (exact) mass is 285 g/mol. The van der Waals surface area contributed by atoms with Gasteiger partial charge in [-0.15, -0.1) is 0 Å². The van der Waals surface area contributed by atoms with E-state index in [0.29, 0.717) is 18.9 Å². The summed E-state index contributed by atoms with van der Waals surface area (Å²) in [5.74, 6) is 1.68. The van der Waals surface area contributed by atoms with Crippen LogP contribution in [0.5, 0.6) is 11.5 Å². The third-order valence-electron chi connectivity index (χ3n) is 3.54. The number of anilines is 1. The number of nitrogens with two attached hydrogens (primary N) is 1. The fraction of sp³-hybridized carbons (Fsp3) is 0.294. The second-order valence-electron chi connectivity index (χ2n) is 5.07. The number of hydrogen-bond acceptors (Lipinski definition) is 4. The average molecular weight is 285 g/mol. The van der Waals surface area contributed by atoms with Gasteiger partial charge in [-0.25, -0.2) is 0 Å². The summed E-state index contributed by atoms with van der Waals surface area (Å²) in [7, 11) is 0. The second kappa shape index (κ2) is 6.06. The van der Waals surface area contributed by atoms with Gasteiger partial charge < -0.3 is 19.9 Å². The Kier molecular flexibility index (Phi) is 3.97. The zero-order valence-electron chi connectivity index (χ0n) is 12.1. The zero-order valence-corrected chi connectivity index (χ0v) is 12.1. The number of aryl methyl sites for hydroxylation is 1. The zero-order chi connectivity index (χ0) is 14.7. The fourth-order valence-electron chi connectivity index (χ4n) is 2.42. The molecule has 4 heteroatoms. The third-order valence-corrected chi connectivity index (χ3v) is 3.54. The van der Waals surface area contributed by atoms with Gasteiger partial charge in [-0.1, -0.05) is 19.1 Å². The van der Waals surface area contributed by atoms with E-state index in [1.807, 2.05) is 24.3 Å². The highest BCUT2D eigenvalue weighted by atomic mass is 16.7. The molecule has 110 valence electrons. The molecule has 0 unspecified atom stereocenters. The first-order valence-corrected chi connectivity index (χ1v) is 7.10. The highest BCUT2D eigenvalue weighted by Crippen LogP contribution is 2.31. The van der Waals surface area contributed by atoms with Crippen molar-refractivity contribution in [3.05, 3.63) is 53.1 Å². The number of hydrogen-bond donors (Lipinski definition) is 1. The van der Waals surface area contributed by atoms with Crippen LogP contribution in [0.4, 0.5) is 5.69 Å². The van der Waals surface area contributed by atoms with E-state index >= 15 is 0 Å². The molecular weight excluding hydrogens is 266 g/mol. The van der Waals surface area contributed by atoms with Crippen LogP contribution in [-0.2, 0) is 24.4 Å². The molecule has 4 nitrogen and oxygen atoms in total. The molecule has 1 aliphatic heterocycles. The molecule has 1 aliphatic rings.